The molecule has 0 bridgehead atoms. The summed E-state index contributed by atoms with van der Waals surface area (Å²) in [6, 6.07) is 4.21. The maximum atomic E-state index is 13.8. The van der Waals surface area contributed by atoms with E-state index in [1.54, 1.807) is 6.07 Å². The Hall–Kier alpha value is -1.77. The second kappa shape index (κ2) is 13.8. The van der Waals surface area contributed by atoms with E-state index in [2.05, 4.69) is 6.08 Å². The number of allylic oxidation sites excluding steroid dienone is 1. The minimum Gasteiger partial charge on any atom is -0.378 e. The molecule has 5 heteroatoms. The molecule has 33 heavy (non-hydrogen) atoms. The van der Waals surface area contributed by atoms with E-state index >= 15 is 0 Å². The van der Waals surface area contributed by atoms with E-state index in [4.69, 9.17) is 14.7 Å². The van der Waals surface area contributed by atoms with Crippen molar-refractivity contribution in [3.05, 3.63) is 47.0 Å². The molecule has 0 heterocycles. The van der Waals surface area contributed by atoms with Gasteiger partial charge in [-0.3, -0.25) is 0 Å². The lowest BCUT2D eigenvalue weighted by molar-refractivity contribution is -0.0122. The van der Waals surface area contributed by atoms with Crippen LogP contribution >= 0.6 is 0 Å². The fourth-order valence-electron chi connectivity index (χ4n) is 5.29. The van der Waals surface area contributed by atoms with Gasteiger partial charge >= 0.3 is 0 Å². The zero-order valence-corrected chi connectivity index (χ0v) is 20.0. The van der Waals surface area contributed by atoms with Crippen molar-refractivity contribution in [2.45, 2.75) is 83.7 Å². The summed E-state index contributed by atoms with van der Waals surface area (Å²) in [5, 5.41) is 8.80. The molecule has 2 aliphatic rings. The second-order valence-electron chi connectivity index (χ2n) is 9.88. The van der Waals surface area contributed by atoms with Crippen LogP contribution in [-0.2, 0) is 15.9 Å². The predicted octanol–water partition coefficient (Wildman–Crippen LogP) is 7.13. The summed E-state index contributed by atoms with van der Waals surface area (Å²) >= 11 is 0. The highest BCUT2D eigenvalue weighted by Gasteiger charge is 2.25. The molecule has 0 aliphatic heterocycles. The minimum atomic E-state index is -0.750. The van der Waals surface area contributed by atoms with Gasteiger partial charge in [-0.15, -0.1) is 0 Å². The number of benzene rings is 1. The van der Waals surface area contributed by atoms with Crippen LogP contribution in [0.1, 0.15) is 82.3 Å². The molecular formula is C28H39F2NO2. The Morgan fingerprint density at radius 1 is 0.939 bits per heavy atom. The first-order chi connectivity index (χ1) is 16.1. The van der Waals surface area contributed by atoms with Crippen molar-refractivity contribution in [2.24, 2.45) is 17.8 Å². The summed E-state index contributed by atoms with van der Waals surface area (Å²) in [6.07, 6.45) is 16.8. The Labute approximate surface area is 198 Å². The average molecular weight is 460 g/mol. The molecule has 0 radical (unpaired) electrons. The maximum absolute atomic E-state index is 13.8. The molecule has 0 atom stereocenters. The molecular weight excluding hydrogens is 420 g/mol. The monoisotopic (exact) mass is 459 g/mol. The number of hydrogen-bond donors (Lipinski definition) is 0. The number of aryl methyl sites for hydroxylation is 1. The van der Waals surface area contributed by atoms with Crippen LogP contribution in [0.15, 0.2) is 24.3 Å². The lowest BCUT2D eigenvalue weighted by Crippen LogP contribution is -2.26. The molecule has 0 N–H and O–H groups in total. The fraction of sp³-hybridized carbons (Fsp3) is 0.679. The second-order valence-corrected chi connectivity index (χ2v) is 9.88. The number of hydrogen-bond acceptors (Lipinski definition) is 3. The molecule has 0 aromatic heterocycles. The van der Waals surface area contributed by atoms with Gasteiger partial charge in [0.25, 0.3) is 0 Å². The molecule has 2 fully saturated rings. The number of nitrogens with zero attached hydrogens (tertiary/aromatic N) is 1. The summed E-state index contributed by atoms with van der Waals surface area (Å²) in [5.41, 5.74) is 0.163. The van der Waals surface area contributed by atoms with Crippen LogP contribution in [0, 0.1) is 40.7 Å². The lowest BCUT2D eigenvalue weighted by Gasteiger charge is -2.32. The number of nitriles is 1. The summed E-state index contributed by atoms with van der Waals surface area (Å²) in [4.78, 5) is 0. The van der Waals surface area contributed by atoms with E-state index in [9.17, 15) is 8.78 Å². The van der Waals surface area contributed by atoms with Gasteiger partial charge in [-0.25, -0.2) is 8.78 Å². The van der Waals surface area contributed by atoms with Crippen molar-refractivity contribution >= 4 is 0 Å². The third-order valence-corrected chi connectivity index (χ3v) is 7.50. The molecule has 0 saturated heterocycles. The number of halogens is 2. The first-order valence-corrected chi connectivity index (χ1v) is 12.8. The molecule has 0 amide bonds. The molecule has 3 rings (SSSR count). The van der Waals surface area contributed by atoms with E-state index in [1.807, 2.05) is 13.0 Å². The highest BCUT2D eigenvalue weighted by Crippen LogP contribution is 2.34. The van der Waals surface area contributed by atoms with Crippen LogP contribution in [0.4, 0.5) is 8.78 Å². The van der Waals surface area contributed by atoms with Gasteiger partial charge in [0.1, 0.15) is 23.3 Å². The molecule has 0 spiro atoms. The van der Waals surface area contributed by atoms with E-state index in [-0.39, 0.29) is 0 Å². The van der Waals surface area contributed by atoms with Gasteiger partial charge in [0.2, 0.25) is 0 Å². The molecule has 182 valence electrons. The van der Waals surface area contributed by atoms with Crippen LogP contribution in [0.25, 0.3) is 0 Å². The fourth-order valence-corrected chi connectivity index (χ4v) is 5.29. The lowest BCUT2D eigenvalue weighted by atomic mass is 9.79. The minimum absolute atomic E-state index is 0.420. The van der Waals surface area contributed by atoms with Crippen molar-refractivity contribution in [3.8, 4) is 6.07 Å². The van der Waals surface area contributed by atoms with Gasteiger partial charge in [0.05, 0.1) is 12.7 Å². The van der Waals surface area contributed by atoms with Crippen molar-refractivity contribution in [2.75, 3.05) is 19.8 Å². The van der Waals surface area contributed by atoms with Gasteiger partial charge in [-0.05, 0) is 100 Å². The summed E-state index contributed by atoms with van der Waals surface area (Å²) in [7, 11) is 0. The van der Waals surface area contributed by atoms with Crippen LogP contribution in [-0.4, -0.2) is 25.9 Å². The van der Waals surface area contributed by atoms with Crippen molar-refractivity contribution in [3.63, 3.8) is 0 Å². The quantitative estimate of drug-likeness (QED) is 0.261. The van der Waals surface area contributed by atoms with Crippen molar-refractivity contribution < 1.29 is 18.3 Å². The van der Waals surface area contributed by atoms with Crippen molar-refractivity contribution in [1.82, 2.24) is 0 Å². The Morgan fingerprint density at radius 3 is 2.18 bits per heavy atom. The normalized spacial score (nSPS) is 25.9. The Bertz CT molecular complexity index is 765. The zero-order valence-electron chi connectivity index (χ0n) is 20.0. The standard InChI is InChI=1S/C28H39F2NO2/c1-2-3-15-32-16-14-22-10-12-25(13-11-22)33-20-23-7-4-21(5-8-23)6-9-24-17-27(29)26(19-31)28(30)18-24/h2-3,17-18,21-23,25H,4-16,20H2,1H3/b3-2+. The van der Waals surface area contributed by atoms with Gasteiger partial charge in [0, 0.05) is 13.2 Å². The molecule has 0 unspecified atom stereocenters. The predicted molar refractivity (Wildman–Crippen MR) is 127 cm³/mol. The molecule has 2 saturated carbocycles. The maximum Gasteiger partial charge on any atom is 0.144 e. The third-order valence-electron chi connectivity index (χ3n) is 7.50. The van der Waals surface area contributed by atoms with Crippen LogP contribution in [0.3, 0.4) is 0 Å². The summed E-state index contributed by atoms with van der Waals surface area (Å²) < 4.78 is 39.5. The van der Waals surface area contributed by atoms with E-state index < -0.39 is 17.2 Å². The number of rotatable bonds is 11. The van der Waals surface area contributed by atoms with E-state index in [1.165, 1.54) is 50.7 Å². The smallest absolute Gasteiger partial charge is 0.144 e. The summed E-state index contributed by atoms with van der Waals surface area (Å²) in [5.74, 6) is 0.529. The average Bonchev–Trinajstić information content (AvgIpc) is 2.82. The first kappa shape index (κ1) is 25.8. The molecule has 3 nitrogen and oxygen atoms in total. The third kappa shape index (κ3) is 8.50. The van der Waals surface area contributed by atoms with Gasteiger partial charge in [0.15, 0.2) is 0 Å². The van der Waals surface area contributed by atoms with Crippen LogP contribution < -0.4 is 0 Å². The first-order valence-electron chi connectivity index (χ1n) is 12.8. The van der Waals surface area contributed by atoms with Crippen LogP contribution in [0.2, 0.25) is 0 Å². The summed E-state index contributed by atoms with van der Waals surface area (Å²) in [6.45, 7) is 4.48. The van der Waals surface area contributed by atoms with Gasteiger partial charge in [-0.1, -0.05) is 25.0 Å². The largest absolute Gasteiger partial charge is 0.378 e. The Kier molecular flexibility index (Phi) is 10.8. The molecule has 1 aromatic carbocycles. The number of ether oxygens (including phenoxy) is 2. The highest BCUT2D eigenvalue weighted by atomic mass is 19.1. The molecule has 1 aromatic rings. The van der Waals surface area contributed by atoms with E-state index in [0.29, 0.717) is 29.9 Å². The highest BCUT2D eigenvalue weighted by molar-refractivity contribution is 5.35. The topological polar surface area (TPSA) is 42.2 Å². The Morgan fingerprint density at radius 2 is 1.55 bits per heavy atom. The zero-order chi connectivity index (χ0) is 23.5. The van der Waals surface area contributed by atoms with E-state index in [0.717, 1.165) is 51.4 Å². The van der Waals surface area contributed by atoms with Gasteiger partial charge < -0.3 is 9.47 Å². The van der Waals surface area contributed by atoms with Crippen LogP contribution in [0.5, 0.6) is 0 Å². The van der Waals surface area contributed by atoms with Crippen molar-refractivity contribution in [1.29, 1.82) is 5.26 Å². The van der Waals surface area contributed by atoms with Gasteiger partial charge in [-0.2, -0.15) is 5.26 Å². The molecule has 2 aliphatic carbocycles. The Balaban J connectivity index is 1.27. The SMILES string of the molecule is C/C=C/COCCC1CCC(OCC2CCC(CCc3cc(F)c(C#N)c(F)c3)CC2)CC1.